The molecular formula is C12H9F6N5OS. The van der Waals surface area contributed by atoms with Crippen LogP contribution in [0, 0.1) is 0 Å². The van der Waals surface area contributed by atoms with Crippen molar-refractivity contribution in [3.05, 3.63) is 35.7 Å². The smallest absolute Gasteiger partial charge is 0.335 e. The van der Waals surface area contributed by atoms with Crippen molar-refractivity contribution < 1.29 is 31.1 Å². The molecule has 0 aliphatic rings. The first-order valence-corrected chi connectivity index (χ1v) is 7.35. The van der Waals surface area contributed by atoms with Crippen molar-refractivity contribution in [1.29, 1.82) is 0 Å². The molecule has 0 atom stereocenters. The third-order valence-corrected chi connectivity index (χ3v) is 3.70. The SMILES string of the molecule is Nn1c(SCC(=O)Nc2ccccc2C(F)(F)F)nnc1C(F)(F)F. The van der Waals surface area contributed by atoms with Crippen molar-refractivity contribution in [2.75, 3.05) is 16.9 Å². The number of hydrogen-bond acceptors (Lipinski definition) is 5. The van der Waals surface area contributed by atoms with Crippen LogP contribution in [0.25, 0.3) is 0 Å². The Hall–Kier alpha value is -2.44. The summed E-state index contributed by atoms with van der Waals surface area (Å²) in [5.74, 6) is 2.33. The number of aromatic nitrogens is 3. The molecule has 1 aromatic heterocycles. The van der Waals surface area contributed by atoms with E-state index >= 15 is 0 Å². The standard InChI is InChI=1S/C12H9F6N5OS/c13-11(14,15)6-3-1-2-4-7(6)20-8(24)5-25-10-22-21-9(23(10)19)12(16,17)18/h1-4H,5,19H2,(H,20,24). The number of rotatable bonds is 4. The third-order valence-electron chi connectivity index (χ3n) is 2.76. The van der Waals surface area contributed by atoms with Crippen molar-refractivity contribution in [3.8, 4) is 0 Å². The van der Waals surface area contributed by atoms with Crippen LogP contribution >= 0.6 is 11.8 Å². The minimum Gasteiger partial charge on any atom is -0.335 e. The Labute approximate surface area is 140 Å². The number of anilines is 1. The summed E-state index contributed by atoms with van der Waals surface area (Å²) in [5.41, 5.74) is -1.51. The summed E-state index contributed by atoms with van der Waals surface area (Å²) in [4.78, 5) is 11.8. The molecule has 0 saturated heterocycles. The zero-order valence-electron chi connectivity index (χ0n) is 12.0. The van der Waals surface area contributed by atoms with Gasteiger partial charge in [-0.1, -0.05) is 23.9 Å². The van der Waals surface area contributed by atoms with E-state index < -0.39 is 46.2 Å². The maximum Gasteiger partial charge on any atom is 0.453 e. The molecule has 2 rings (SSSR count). The van der Waals surface area contributed by atoms with Gasteiger partial charge in [-0.2, -0.15) is 26.3 Å². The first-order chi connectivity index (χ1) is 11.5. The molecule has 2 aromatic rings. The van der Waals surface area contributed by atoms with Crippen LogP contribution < -0.4 is 11.2 Å². The van der Waals surface area contributed by atoms with Crippen molar-refractivity contribution in [1.82, 2.24) is 14.9 Å². The van der Waals surface area contributed by atoms with Crippen LogP contribution in [0.15, 0.2) is 29.4 Å². The van der Waals surface area contributed by atoms with E-state index in [9.17, 15) is 31.1 Å². The number of nitrogens with two attached hydrogens (primary N) is 1. The Balaban J connectivity index is 2.05. The fourth-order valence-corrected chi connectivity index (χ4v) is 2.38. The Morgan fingerprint density at radius 2 is 1.76 bits per heavy atom. The molecule has 0 aliphatic carbocycles. The van der Waals surface area contributed by atoms with Crippen molar-refractivity contribution in [2.24, 2.45) is 0 Å². The van der Waals surface area contributed by atoms with E-state index in [1.54, 1.807) is 0 Å². The van der Waals surface area contributed by atoms with Crippen LogP contribution in [0.3, 0.4) is 0 Å². The van der Waals surface area contributed by atoms with Gasteiger partial charge in [0.15, 0.2) is 0 Å². The van der Waals surface area contributed by atoms with Gasteiger partial charge in [0.25, 0.3) is 5.82 Å². The predicted molar refractivity (Wildman–Crippen MR) is 76.0 cm³/mol. The Morgan fingerprint density at radius 1 is 1.12 bits per heavy atom. The van der Waals surface area contributed by atoms with Gasteiger partial charge in [-0.3, -0.25) is 4.79 Å². The van der Waals surface area contributed by atoms with Gasteiger partial charge in [0.1, 0.15) is 0 Å². The molecule has 0 fully saturated rings. The van der Waals surface area contributed by atoms with E-state index in [0.29, 0.717) is 11.8 Å². The monoisotopic (exact) mass is 385 g/mol. The summed E-state index contributed by atoms with van der Waals surface area (Å²) >= 11 is 0.496. The van der Waals surface area contributed by atoms with Gasteiger partial charge >= 0.3 is 12.4 Å². The van der Waals surface area contributed by atoms with E-state index in [0.717, 1.165) is 18.2 Å². The van der Waals surface area contributed by atoms with Crippen LogP contribution in [0.5, 0.6) is 0 Å². The molecule has 1 amide bonds. The highest BCUT2D eigenvalue weighted by Gasteiger charge is 2.38. The number of nitrogen functional groups attached to an aromatic ring is 1. The second kappa shape index (κ2) is 6.82. The van der Waals surface area contributed by atoms with Crippen LogP contribution in [0.1, 0.15) is 11.4 Å². The van der Waals surface area contributed by atoms with Gasteiger partial charge in [-0.05, 0) is 12.1 Å². The van der Waals surface area contributed by atoms with Crippen molar-refractivity contribution >= 4 is 23.4 Å². The van der Waals surface area contributed by atoms with E-state index in [2.05, 4.69) is 10.2 Å². The van der Waals surface area contributed by atoms with E-state index in [4.69, 9.17) is 5.84 Å². The molecule has 0 aliphatic heterocycles. The largest absolute Gasteiger partial charge is 0.453 e. The minimum absolute atomic E-state index is 0.154. The first kappa shape index (κ1) is 18.9. The Kier molecular flexibility index (Phi) is 5.15. The summed E-state index contributed by atoms with van der Waals surface area (Å²) in [6, 6.07) is 4.29. The predicted octanol–water partition coefficient (Wildman–Crippen LogP) is 2.76. The van der Waals surface area contributed by atoms with E-state index in [1.807, 2.05) is 5.32 Å². The lowest BCUT2D eigenvalue weighted by atomic mass is 10.1. The number of halogens is 6. The highest BCUT2D eigenvalue weighted by atomic mass is 32.2. The van der Waals surface area contributed by atoms with Gasteiger partial charge in [0, 0.05) is 0 Å². The van der Waals surface area contributed by atoms with Gasteiger partial charge in [-0.25, -0.2) is 4.68 Å². The van der Waals surface area contributed by atoms with E-state index in [1.165, 1.54) is 6.07 Å². The number of para-hydroxylation sites is 1. The molecule has 3 N–H and O–H groups in total. The van der Waals surface area contributed by atoms with Gasteiger partial charge in [0.05, 0.1) is 17.0 Å². The fraction of sp³-hybridized carbons (Fsp3) is 0.250. The van der Waals surface area contributed by atoms with Crippen LogP contribution in [0.2, 0.25) is 0 Å². The number of carbonyl (C=O) groups excluding carboxylic acids is 1. The second-order valence-electron chi connectivity index (χ2n) is 4.55. The lowest BCUT2D eigenvalue weighted by molar-refractivity contribution is -0.146. The van der Waals surface area contributed by atoms with Crippen LogP contribution in [0.4, 0.5) is 32.0 Å². The highest BCUT2D eigenvalue weighted by Crippen LogP contribution is 2.34. The van der Waals surface area contributed by atoms with Gasteiger partial charge in [0.2, 0.25) is 11.1 Å². The Morgan fingerprint density at radius 3 is 2.32 bits per heavy atom. The molecule has 0 unspecified atom stereocenters. The Bertz CT molecular complexity index is 772. The molecule has 136 valence electrons. The van der Waals surface area contributed by atoms with Crippen LogP contribution in [-0.2, 0) is 17.1 Å². The maximum atomic E-state index is 12.8. The number of carbonyl (C=O) groups is 1. The molecular weight excluding hydrogens is 376 g/mol. The molecule has 13 heteroatoms. The summed E-state index contributed by atoms with van der Waals surface area (Å²) in [7, 11) is 0. The zero-order valence-corrected chi connectivity index (χ0v) is 12.8. The lowest BCUT2D eigenvalue weighted by Gasteiger charge is -2.13. The fourth-order valence-electron chi connectivity index (χ4n) is 1.72. The zero-order chi connectivity index (χ0) is 18.8. The number of benzene rings is 1. The number of nitrogens with one attached hydrogen (secondary N) is 1. The number of hydrogen-bond donors (Lipinski definition) is 2. The molecule has 1 aromatic carbocycles. The number of alkyl halides is 6. The maximum absolute atomic E-state index is 12.8. The second-order valence-corrected chi connectivity index (χ2v) is 5.50. The van der Waals surface area contributed by atoms with Gasteiger partial charge < -0.3 is 11.2 Å². The topological polar surface area (TPSA) is 85.8 Å². The first-order valence-electron chi connectivity index (χ1n) is 6.36. The number of nitrogens with zero attached hydrogens (tertiary/aromatic N) is 3. The molecule has 1 heterocycles. The number of thioether (sulfide) groups is 1. The molecule has 0 spiro atoms. The summed E-state index contributed by atoms with van der Waals surface area (Å²) in [6.07, 6.45) is -9.50. The van der Waals surface area contributed by atoms with Crippen LogP contribution in [-0.4, -0.2) is 26.5 Å². The summed E-state index contributed by atoms with van der Waals surface area (Å²) in [5, 5.41) is 7.68. The van der Waals surface area contributed by atoms with Gasteiger partial charge in [-0.15, -0.1) is 10.2 Å². The minimum atomic E-state index is -4.82. The molecule has 6 nitrogen and oxygen atoms in total. The highest BCUT2D eigenvalue weighted by molar-refractivity contribution is 7.99. The average molecular weight is 385 g/mol. The van der Waals surface area contributed by atoms with E-state index in [-0.39, 0.29) is 4.68 Å². The molecule has 0 radical (unpaired) electrons. The van der Waals surface area contributed by atoms with Crippen molar-refractivity contribution in [2.45, 2.75) is 17.5 Å². The van der Waals surface area contributed by atoms with Crippen molar-refractivity contribution in [3.63, 3.8) is 0 Å². The lowest BCUT2D eigenvalue weighted by Crippen LogP contribution is -2.22. The number of amides is 1. The summed E-state index contributed by atoms with van der Waals surface area (Å²) in [6.45, 7) is 0. The quantitative estimate of drug-likeness (QED) is 0.480. The molecule has 0 saturated carbocycles. The molecule has 25 heavy (non-hydrogen) atoms. The average Bonchev–Trinajstić information content (AvgIpc) is 2.85. The summed E-state index contributed by atoms with van der Waals surface area (Å²) < 4.78 is 76.1. The molecule has 0 bridgehead atoms. The normalized spacial score (nSPS) is 12.2. The third kappa shape index (κ3) is 4.55.